The standard InChI is InChI=1S/C17H25N3O2/c1-12(2)11-22-15-6-5-14(9-16(15)21-4)13(3)20-10-17-18-7-8-19-17/h5-9,12-13,20H,10-11H2,1-4H3,(H,18,19). The van der Waals surface area contributed by atoms with Crippen molar-refractivity contribution in [2.24, 2.45) is 5.92 Å². The van der Waals surface area contributed by atoms with Crippen LogP contribution in [0.15, 0.2) is 30.6 Å². The SMILES string of the molecule is COc1cc(C(C)NCc2ncc[nH]2)ccc1OCC(C)C. The van der Waals surface area contributed by atoms with Crippen molar-refractivity contribution in [3.05, 3.63) is 42.0 Å². The summed E-state index contributed by atoms with van der Waals surface area (Å²) >= 11 is 0. The molecule has 0 spiro atoms. The molecule has 1 heterocycles. The number of aromatic amines is 1. The van der Waals surface area contributed by atoms with E-state index >= 15 is 0 Å². The van der Waals surface area contributed by atoms with E-state index < -0.39 is 0 Å². The first kappa shape index (κ1) is 16.4. The highest BCUT2D eigenvalue weighted by Crippen LogP contribution is 2.30. The van der Waals surface area contributed by atoms with Crippen molar-refractivity contribution >= 4 is 0 Å². The first-order valence-corrected chi connectivity index (χ1v) is 7.62. The van der Waals surface area contributed by atoms with Crippen LogP contribution in [0.4, 0.5) is 0 Å². The molecule has 1 atom stereocenters. The molecule has 0 radical (unpaired) electrons. The van der Waals surface area contributed by atoms with Crippen LogP contribution in [0.25, 0.3) is 0 Å². The molecule has 0 aliphatic heterocycles. The number of aromatic nitrogens is 2. The second kappa shape index (κ2) is 7.84. The fourth-order valence-corrected chi connectivity index (χ4v) is 2.09. The number of methoxy groups -OCH3 is 1. The molecule has 0 fully saturated rings. The van der Waals surface area contributed by atoms with Gasteiger partial charge in [0, 0.05) is 18.4 Å². The number of hydrogen-bond donors (Lipinski definition) is 2. The minimum Gasteiger partial charge on any atom is -0.493 e. The van der Waals surface area contributed by atoms with Crippen LogP contribution < -0.4 is 14.8 Å². The summed E-state index contributed by atoms with van der Waals surface area (Å²) in [6.07, 6.45) is 3.58. The van der Waals surface area contributed by atoms with Gasteiger partial charge >= 0.3 is 0 Å². The van der Waals surface area contributed by atoms with Gasteiger partial charge < -0.3 is 19.8 Å². The lowest BCUT2D eigenvalue weighted by atomic mass is 10.1. The summed E-state index contributed by atoms with van der Waals surface area (Å²) in [6, 6.07) is 6.26. The normalized spacial score (nSPS) is 12.4. The molecule has 0 aliphatic rings. The molecule has 1 aromatic carbocycles. The van der Waals surface area contributed by atoms with Crippen LogP contribution >= 0.6 is 0 Å². The molecule has 120 valence electrons. The first-order valence-electron chi connectivity index (χ1n) is 7.62. The smallest absolute Gasteiger partial charge is 0.161 e. The second-order valence-corrected chi connectivity index (χ2v) is 5.75. The zero-order valence-corrected chi connectivity index (χ0v) is 13.7. The summed E-state index contributed by atoms with van der Waals surface area (Å²) in [7, 11) is 1.67. The molecule has 5 nitrogen and oxygen atoms in total. The molecule has 0 saturated carbocycles. The summed E-state index contributed by atoms with van der Waals surface area (Å²) in [5, 5.41) is 3.43. The molecule has 0 amide bonds. The molecule has 22 heavy (non-hydrogen) atoms. The van der Waals surface area contributed by atoms with Gasteiger partial charge in [0.05, 0.1) is 20.3 Å². The minimum absolute atomic E-state index is 0.193. The Balaban J connectivity index is 2.01. The maximum Gasteiger partial charge on any atom is 0.161 e. The van der Waals surface area contributed by atoms with Crippen molar-refractivity contribution < 1.29 is 9.47 Å². The summed E-state index contributed by atoms with van der Waals surface area (Å²) in [5.74, 6) is 2.97. The Morgan fingerprint density at radius 3 is 2.68 bits per heavy atom. The third-order valence-electron chi connectivity index (χ3n) is 3.39. The van der Waals surface area contributed by atoms with Gasteiger partial charge in [0.1, 0.15) is 5.82 Å². The summed E-state index contributed by atoms with van der Waals surface area (Å²) in [5.41, 5.74) is 1.15. The Morgan fingerprint density at radius 1 is 1.23 bits per heavy atom. The maximum absolute atomic E-state index is 5.78. The first-order chi connectivity index (χ1) is 10.6. The van der Waals surface area contributed by atoms with E-state index in [1.165, 1.54) is 0 Å². The monoisotopic (exact) mass is 303 g/mol. The Morgan fingerprint density at radius 2 is 2.05 bits per heavy atom. The minimum atomic E-state index is 0.193. The van der Waals surface area contributed by atoms with Gasteiger partial charge in [-0.05, 0) is 30.5 Å². The molecule has 5 heteroatoms. The molecule has 0 aliphatic carbocycles. The quantitative estimate of drug-likeness (QED) is 0.785. The van der Waals surface area contributed by atoms with Crippen LogP contribution in [0.3, 0.4) is 0 Å². The van der Waals surface area contributed by atoms with Crippen LogP contribution in [-0.2, 0) is 6.54 Å². The van der Waals surface area contributed by atoms with Crippen LogP contribution in [0, 0.1) is 5.92 Å². The number of nitrogens with zero attached hydrogens (tertiary/aromatic N) is 1. The lowest BCUT2D eigenvalue weighted by Gasteiger charge is -2.17. The van der Waals surface area contributed by atoms with Crippen molar-refractivity contribution in [2.75, 3.05) is 13.7 Å². The molecule has 1 unspecified atom stereocenters. The van der Waals surface area contributed by atoms with E-state index in [2.05, 4.69) is 42.1 Å². The average Bonchev–Trinajstić information content (AvgIpc) is 3.03. The van der Waals surface area contributed by atoms with Crippen molar-refractivity contribution in [3.8, 4) is 11.5 Å². The van der Waals surface area contributed by atoms with E-state index in [0.29, 0.717) is 19.1 Å². The molecular formula is C17H25N3O2. The van der Waals surface area contributed by atoms with Gasteiger partial charge in [-0.1, -0.05) is 19.9 Å². The number of nitrogens with one attached hydrogen (secondary N) is 2. The number of H-pyrrole nitrogens is 1. The van der Waals surface area contributed by atoms with Gasteiger partial charge in [-0.2, -0.15) is 0 Å². The van der Waals surface area contributed by atoms with Gasteiger partial charge in [-0.15, -0.1) is 0 Å². The Bertz CT molecular complexity index is 567. The van der Waals surface area contributed by atoms with Crippen LogP contribution in [0.1, 0.15) is 38.2 Å². The molecular weight excluding hydrogens is 278 g/mol. The number of ether oxygens (including phenoxy) is 2. The van der Waals surface area contributed by atoms with E-state index in [1.54, 1.807) is 13.3 Å². The van der Waals surface area contributed by atoms with Gasteiger partial charge in [0.15, 0.2) is 11.5 Å². The highest BCUT2D eigenvalue weighted by molar-refractivity contribution is 5.43. The fourth-order valence-electron chi connectivity index (χ4n) is 2.09. The number of imidazole rings is 1. The predicted octanol–water partition coefficient (Wildman–Crippen LogP) is 3.30. The Labute approximate surface area is 132 Å². The van der Waals surface area contributed by atoms with Crippen molar-refractivity contribution in [1.82, 2.24) is 15.3 Å². The van der Waals surface area contributed by atoms with Crippen molar-refractivity contribution in [3.63, 3.8) is 0 Å². The van der Waals surface area contributed by atoms with Crippen LogP contribution in [-0.4, -0.2) is 23.7 Å². The highest BCUT2D eigenvalue weighted by Gasteiger charge is 2.11. The number of rotatable bonds is 8. The number of hydrogen-bond acceptors (Lipinski definition) is 4. The molecule has 2 aromatic rings. The lowest BCUT2D eigenvalue weighted by Crippen LogP contribution is -2.19. The topological polar surface area (TPSA) is 59.2 Å². The van der Waals surface area contributed by atoms with Crippen molar-refractivity contribution in [2.45, 2.75) is 33.4 Å². The molecule has 0 saturated heterocycles. The zero-order chi connectivity index (χ0) is 15.9. The predicted molar refractivity (Wildman–Crippen MR) is 87.2 cm³/mol. The lowest BCUT2D eigenvalue weighted by molar-refractivity contribution is 0.256. The van der Waals surface area contributed by atoms with E-state index in [9.17, 15) is 0 Å². The highest BCUT2D eigenvalue weighted by atomic mass is 16.5. The van der Waals surface area contributed by atoms with Crippen molar-refractivity contribution in [1.29, 1.82) is 0 Å². The van der Waals surface area contributed by atoms with E-state index in [-0.39, 0.29) is 6.04 Å². The summed E-state index contributed by atoms with van der Waals surface area (Å²) < 4.78 is 11.2. The average molecular weight is 303 g/mol. The third-order valence-corrected chi connectivity index (χ3v) is 3.39. The maximum atomic E-state index is 5.78. The largest absolute Gasteiger partial charge is 0.493 e. The van der Waals surface area contributed by atoms with Gasteiger partial charge in [0.25, 0.3) is 0 Å². The summed E-state index contributed by atoms with van der Waals surface area (Å²) in [4.78, 5) is 7.29. The zero-order valence-electron chi connectivity index (χ0n) is 13.7. The molecule has 1 aromatic heterocycles. The number of benzene rings is 1. The summed E-state index contributed by atoms with van der Waals surface area (Å²) in [6.45, 7) is 7.75. The fraction of sp³-hybridized carbons (Fsp3) is 0.471. The molecule has 2 N–H and O–H groups in total. The van der Waals surface area contributed by atoms with Crippen LogP contribution in [0.5, 0.6) is 11.5 Å². The molecule has 0 bridgehead atoms. The van der Waals surface area contributed by atoms with Gasteiger partial charge in [-0.25, -0.2) is 4.98 Å². The Kier molecular flexibility index (Phi) is 5.83. The Hall–Kier alpha value is -2.01. The van der Waals surface area contributed by atoms with Crippen LogP contribution in [0.2, 0.25) is 0 Å². The van der Waals surface area contributed by atoms with Gasteiger partial charge in [0.2, 0.25) is 0 Å². The van der Waals surface area contributed by atoms with Gasteiger partial charge in [-0.3, -0.25) is 0 Å². The molecule has 2 rings (SSSR count). The van der Waals surface area contributed by atoms with E-state index in [1.807, 2.05) is 18.3 Å². The third kappa shape index (κ3) is 4.49. The second-order valence-electron chi connectivity index (χ2n) is 5.75. The van der Waals surface area contributed by atoms with E-state index in [4.69, 9.17) is 9.47 Å². The van der Waals surface area contributed by atoms with E-state index in [0.717, 1.165) is 22.9 Å².